The molecule has 7 unspecified atom stereocenters. The number of aromatic amines is 1. The second kappa shape index (κ2) is 9.84. The zero-order chi connectivity index (χ0) is 27.2. The third kappa shape index (κ3) is 6.32. The molecule has 0 spiro atoms. The molecule has 0 radical (unpaired) electrons. The van der Waals surface area contributed by atoms with E-state index in [1.54, 1.807) is 0 Å². The molecule has 1 aliphatic rings. The molecule has 2 rings (SSSR count). The molecule has 1 aromatic rings. The van der Waals surface area contributed by atoms with Crippen LogP contribution in [0, 0.1) is 0 Å². The maximum atomic E-state index is 14.8. The van der Waals surface area contributed by atoms with E-state index in [0.717, 1.165) is 26.1 Å². The van der Waals surface area contributed by atoms with Crippen LogP contribution in [0.3, 0.4) is 0 Å². The molecule has 1 saturated heterocycles. The SMILES string of the molecule is C=C(C)C1(O)C(n2ccc(=O)[nH]c2=O)OC(COP(=O)(O)OP(=O)(O)OP(=O)(O)O)(C(C)F)C1O. The first-order valence-corrected chi connectivity index (χ1v) is 13.7. The summed E-state index contributed by atoms with van der Waals surface area (Å²) in [5.74, 6) is 0. The number of aliphatic hydroxyl groups is 2. The zero-order valence-electron chi connectivity index (χ0n) is 17.8. The molecule has 0 aliphatic carbocycles. The second-order valence-corrected chi connectivity index (χ2v) is 11.9. The van der Waals surface area contributed by atoms with E-state index in [1.807, 2.05) is 4.98 Å². The van der Waals surface area contributed by atoms with Gasteiger partial charge < -0.3 is 34.5 Å². The predicted octanol–water partition coefficient (Wildman–Crippen LogP) is -0.826. The van der Waals surface area contributed by atoms with E-state index in [4.69, 9.17) is 14.5 Å². The number of phosphoric acid groups is 3. The Bertz CT molecular complexity index is 1240. The van der Waals surface area contributed by atoms with Gasteiger partial charge in [-0.3, -0.25) is 18.9 Å². The van der Waals surface area contributed by atoms with Gasteiger partial charge in [0, 0.05) is 12.3 Å². The Morgan fingerprint density at radius 2 is 1.83 bits per heavy atom. The fraction of sp³-hybridized carbons (Fsp3) is 0.571. The highest BCUT2D eigenvalue weighted by molar-refractivity contribution is 7.66. The Kier molecular flexibility index (Phi) is 8.39. The molecule has 0 bridgehead atoms. The number of phosphoric ester groups is 1. The maximum absolute atomic E-state index is 14.8. The average molecular weight is 570 g/mol. The normalized spacial score (nSPS) is 31.5. The van der Waals surface area contributed by atoms with Crippen molar-refractivity contribution in [1.82, 2.24) is 9.55 Å². The Labute approximate surface area is 194 Å². The number of H-pyrrole nitrogens is 1. The molecule has 0 saturated carbocycles. The van der Waals surface area contributed by atoms with Gasteiger partial charge in [-0.15, -0.1) is 0 Å². The smallest absolute Gasteiger partial charge is 0.386 e. The standard InChI is InChI=1S/C14H22FN2O15P3/c1-7(2)14(21)10(19)13(8(3)15,30-11(14)17-5-4-9(18)16-12(17)20)6-29-34(25,26)32-35(27,28)31-33(22,23)24/h4-5,8,10-11,19,21H,1,6H2,2-3H3,(H,25,26)(H,27,28)(H,16,18,20)(H2,22,23,24). The average Bonchev–Trinajstić information content (AvgIpc) is 2.87. The van der Waals surface area contributed by atoms with E-state index in [9.17, 15) is 47.7 Å². The van der Waals surface area contributed by atoms with Crippen LogP contribution in [0.25, 0.3) is 0 Å². The van der Waals surface area contributed by atoms with Crippen LogP contribution in [-0.2, 0) is 31.6 Å². The molecule has 21 heteroatoms. The number of aromatic nitrogens is 2. The third-order valence-corrected chi connectivity index (χ3v) is 8.70. The molecule has 7 N–H and O–H groups in total. The summed E-state index contributed by atoms with van der Waals surface area (Å²) >= 11 is 0. The Balaban J connectivity index is 2.46. The van der Waals surface area contributed by atoms with Crippen molar-refractivity contribution in [2.45, 2.75) is 43.6 Å². The van der Waals surface area contributed by atoms with Crippen LogP contribution in [-0.4, -0.2) is 69.4 Å². The highest BCUT2D eigenvalue weighted by Gasteiger charge is 2.67. The highest BCUT2D eigenvalue weighted by Crippen LogP contribution is 2.66. The monoisotopic (exact) mass is 570 g/mol. The summed E-state index contributed by atoms with van der Waals surface area (Å²) in [4.78, 5) is 61.5. The van der Waals surface area contributed by atoms with E-state index in [2.05, 4.69) is 19.7 Å². The summed E-state index contributed by atoms with van der Waals surface area (Å²) in [6.07, 6.45) is -5.89. The number of rotatable bonds is 10. The minimum atomic E-state index is -5.91. The highest BCUT2D eigenvalue weighted by atomic mass is 31.3. The number of alkyl halides is 1. The molecular weight excluding hydrogens is 548 g/mol. The van der Waals surface area contributed by atoms with E-state index in [-0.39, 0.29) is 5.57 Å². The van der Waals surface area contributed by atoms with Crippen LogP contribution < -0.4 is 11.2 Å². The van der Waals surface area contributed by atoms with Crippen LogP contribution in [0.1, 0.15) is 20.1 Å². The van der Waals surface area contributed by atoms with Gasteiger partial charge in [-0.05, 0) is 19.4 Å². The number of nitrogens with one attached hydrogen (secondary N) is 1. The quantitative estimate of drug-likeness (QED) is 0.134. The molecule has 200 valence electrons. The molecule has 0 aromatic carbocycles. The minimum absolute atomic E-state index is 0.283. The number of nitrogens with zero attached hydrogens (tertiary/aromatic N) is 1. The second-order valence-electron chi connectivity index (χ2n) is 7.43. The molecule has 1 aromatic heterocycles. The lowest BCUT2D eigenvalue weighted by Gasteiger charge is -2.36. The van der Waals surface area contributed by atoms with Crippen molar-refractivity contribution in [2.75, 3.05) is 6.61 Å². The largest absolute Gasteiger partial charge is 0.490 e. The van der Waals surface area contributed by atoms with Gasteiger partial charge in [0.1, 0.15) is 12.3 Å². The van der Waals surface area contributed by atoms with Gasteiger partial charge in [0.2, 0.25) is 0 Å². The van der Waals surface area contributed by atoms with Gasteiger partial charge in [0.25, 0.3) is 5.56 Å². The van der Waals surface area contributed by atoms with Gasteiger partial charge in [0.15, 0.2) is 17.4 Å². The number of halogens is 1. The van der Waals surface area contributed by atoms with Crippen molar-refractivity contribution >= 4 is 23.5 Å². The summed E-state index contributed by atoms with van der Waals surface area (Å²) in [6.45, 7) is 3.90. The Morgan fingerprint density at radius 1 is 1.26 bits per heavy atom. The number of aliphatic hydroxyl groups excluding tert-OH is 1. The van der Waals surface area contributed by atoms with Crippen molar-refractivity contribution in [3.8, 4) is 0 Å². The molecule has 17 nitrogen and oxygen atoms in total. The first-order valence-electron chi connectivity index (χ1n) is 9.15. The molecule has 2 heterocycles. The summed E-state index contributed by atoms with van der Waals surface area (Å²) < 4.78 is 66.6. The van der Waals surface area contributed by atoms with Crippen molar-refractivity contribution in [2.24, 2.45) is 0 Å². The molecule has 1 aliphatic heterocycles. The van der Waals surface area contributed by atoms with E-state index in [1.165, 1.54) is 0 Å². The lowest BCUT2D eigenvalue weighted by atomic mass is 9.80. The van der Waals surface area contributed by atoms with Crippen molar-refractivity contribution < 1.29 is 65.8 Å². The molecule has 1 fully saturated rings. The van der Waals surface area contributed by atoms with Crippen LogP contribution >= 0.6 is 23.5 Å². The van der Waals surface area contributed by atoms with Gasteiger partial charge >= 0.3 is 29.2 Å². The fourth-order valence-corrected chi connectivity index (χ4v) is 6.28. The van der Waals surface area contributed by atoms with Crippen LogP contribution in [0.15, 0.2) is 34.0 Å². The lowest BCUT2D eigenvalue weighted by molar-refractivity contribution is -0.159. The summed E-state index contributed by atoms with van der Waals surface area (Å²) in [5.41, 5.74) is -7.74. The van der Waals surface area contributed by atoms with E-state index in [0.29, 0.717) is 4.57 Å². The molecular formula is C14H22FN2O15P3. The third-order valence-electron chi connectivity index (χ3n) is 4.92. The number of hydrogen-bond acceptors (Lipinski definition) is 11. The summed E-state index contributed by atoms with van der Waals surface area (Å²) in [6, 6.07) is 0.834. The Hall–Kier alpha value is -1.36. The summed E-state index contributed by atoms with van der Waals surface area (Å²) in [5, 5.41) is 22.0. The van der Waals surface area contributed by atoms with Gasteiger partial charge in [-0.2, -0.15) is 8.62 Å². The van der Waals surface area contributed by atoms with Crippen LogP contribution in [0.5, 0.6) is 0 Å². The molecule has 35 heavy (non-hydrogen) atoms. The van der Waals surface area contributed by atoms with Gasteiger partial charge in [-0.25, -0.2) is 22.9 Å². The van der Waals surface area contributed by atoms with Crippen LogP contribution in [0.2, 0.25) is 0 Å². The van der Waals surface area contributed by atoms with Crippen molar-refractivity contribution in [3.63, 3.8) is 0 Å². The van der Waals surface area contributed by atoms with E-state index >= 15 is 0 Å². The zero-order valence-corrected chi connectivity index (χ0v) is 20.5. The first-order chi connectivity index (χ1) is 15.7. The van der Waals surface area contributed by atoms with Gasteiger partial charge in [0.05, 0.1) is 6.61 Å². The van der Waals surface area contributed by atoms with Crippen molar-refractivity contribution in [1.29, 1.82) is 0 Å². The van der Waals surface area contributed by atoms with Crippen molar-refractivity contribution in [3.05, 3.63) is 45.3 Å². The number of hydrogen-bond donors (Lipinski definition) is 7. The molecule has 0 amide bonds. The maximum Gasteiger partial charge on any atom is 0.490 e. The van der Waals surface area contributed by atoms with E-state index < -0.39 is 71.0 Å². The summed E-state index contributed by atoms with van der Waals surface area (Å²) in [7, 11) is -17.4. The fourth-order valence-electron chi connectivity index (χ4n) is 3.22. The van der Waals surface area contributed by atoms with Gasteiger partial charge in [-0.1, -0.05) is 6.58 Å². The topological polar surface area (TPSA) is 264 Å². The lowest BCUT2D eigenvalue weighted by Crippen LogP contribution is -2.57. The molecule has 7 atom stereocenters. The number of ether oxygens (including phenoxy) is 1. The van der Waals surface area contributed by atoms with Crippen LogP contribution in [0.4, 0.5) is 4.39 Å². The predicted molar refractivity (Wildman–Crippen MR) is 110 cm³/mol. The minimum Gasteiger partial charge on any atom is -0.386 e. The Morgan fingerprint density at radius 3 is 2.29 bits per heavy atom. The first kappa shape index (κ1) is 29.9.